The van der Waals surface area contributed by atoms with Crippen molar-refractivity contribution >= 4 is 23.9 Å². The van der Waals surface area contributed by atoms with E-state index >= 15 is 0 Å². The normalized spacial score (nSPS) is 11.1. The van der Waals surface area contributed by atoms with Gasteiger partial charge in [-0.2, -0.15) is 5.10 Å². The van der Waals surface area contributed by atoms with Crippen LogP contribution in [0.4, 0.5) is 0 Å². The number of para-hydroxylation sites is 1. The van der Waals surface area contributed by atoms with E-state index in [-0.39, 0.29) is 11.7 Å². The maximum Gasteiger partial charge on any atom is 0.250 e. The van der Waals surface area contributed by atoms with E-state index < -0.39 is 0 Å². The summed E-state index contributed by atoms with van der Waals surface area (Å²) in [5.41, 5.74) is 3.43. The highest BCUT2D eigenvalue weighted by molar-refractivity contribution is 7.99. The number of carbonyl (C=O) groups excluding carboxylic acids is 1. The molecule has 0 aliphatic heterocycles. The number of nitrogens with one attached hydrogen (secondary N) is 1. The van der Waals surface area contributed by atoms with Crippen LogP contribution in [0, 0.1) is 13.8 Å². The molecule has 2 heterocycles. The third kappa shape index (κ3) is 4.36. The van der Waals surface area contributed by atoms with Gasteiger partial charge in [-0.15, -0.1) is 10.2 Å². The molecule has 25 heavy (non-hydrogen) atoms. The van der Waals surface area contributed by atoms with Gasteiger partial charge in [-0.1, -0.05) is 30.0 Å². The lowest BCUT2D eigenvalue weighted by Gasteiger charge is -2.07. The molecule has 0 spiro atoms. The molecule has 128 valence electrons. The zero-order valence-corrected chi connectivity index (χ0v) is 14.7. The highest BCUT2D eigenvalue weighted by Crippen LogP contribution is 2.21. The smallest absolute Gasteiger partial charge is 0.250 e. The average Bonchev–Trinajstić information content (AvgIpc) is 3.19. The maximum atomic E-state index is 11.9. The van der Waals surface area contributed by atoms with Crippen molar-refractivity contribution in [2.45, 2.75) is 19.0 Å². The van der Waals surface area contributed by atoms with Crippen molar-refractivity contribution in [2.24, 2.45) is 5.10 Å². The van der Waals surface area contributed by atoms with Crippen LogP contribution in [-0.4, -0.2) is 32.6 Å². The van der Waals surface area contributed by atoms with E-state index in [9.17, 15) is 4.79 Å². The second kappa shape index (κ2) is 7.80. The second-order valence-corrected chi connectivity index (χ2v) is 6.17. The molecule has 0 radical (unpaired) electrons. The lowest BCUT2D eigenvalue weighted by Crippen LogP contribution is -2.19. The summed E-state index contributed by atoms with van der Waals surface area (Å²) in [5, 5.41) is 12.8. The van der Waals surface area contributed by atoms with E-state index in [0.717, 1.165) is 17.3 Å². The van der Waals surface area contributed by atoms with E-state index in [0.29, 0.717) is 10.9 Å². The van der Waals surface area contributed by atoms with Gasteiger partial charge < -0.3 is 4.42 Å². The Morgan fingerprint density at radius 3 is 2.76 bits per heavy atom. The first-order chi connectivity index (χ1) is 12.1. The molecule has 0 bridgehead atoms. The first-order valence-corrected chi connectivity index (χ1v) is 8.60. The SMILES string of the molecule is Cc1ccc(C=NNC(=O)CSc2nnc(C)n2-c2ccccc2)o1. The zero-order valence-electron chi connectivity index (χ0n) is 13.8. The van der Waals surface area contributed by atoms with Crippen molar-refractivity contribution in [3.8, 4) is 5.69 Å². The van der Waals surface area contributed by atoms with Gasteiger partial charge in [0.15, 0.2) is 5.16 Å². The standard InChI is InChI=1S/C17H17N5O2S/c1-12-8-9-15(24-12)10-18-20-16(23)11-25-17-21-19-13(2)22(17)14-6-4-3-5-7-14/h3-10H,11H2,1-2H3,(H,20,23). The second-order valence-electron chi connectivity index (χ2n) is 5.23. The van der Waals surface area contributed by atoms with Crippen molar-refractivity contribution < 1.29 is 9.21 Å². The monoisotopic (exact) mass is 355 g/mol. The van der Waals surface area contributed by atoms with Crippen LogP contribution >= 0.6 is 11.8 Å². The number of carbonyl (C=O) groups is 1. The van der Waals surface area contributed by atoms with Gasteiger partial charge in [-0.3, -0.25) is 9.36 Å². The number of rotatable bonds is 6. The highest BCUT2D eigenvalue weighted by Gasteiger charge is 2.12. The zero-order chi connectivity index (χ0) is 17.6. The number of aryl methyl sites for hydroxylation is 2. The van der Waals surface area contributed by atoms with Gasteiger partial charge in [0.05, 0.1) is 12.0 Å². The van der Waals surface area contributed by atoms with Gasteiger partial charge in [0, 0.05) is 5.69 Å². The van der Waals surface area contributed by atoms with Crippen LogP contribution in [0.3, 0.4) is 0 Å². The number of hydrogen-bond donors (Lipinski definition) is 1. The van der Waals surface area contributed by atoms with Crippen molar-refractivity contribution in [3.05, 3.63) is 59.8 Å². The van der Waals surface area contributed by atoms with Crippen molar-refractivity contribution in [1.29, 1.82) is 0 Å². The number of amides is 1. The van der Waals surface area contributed by atoms with Gasteiger partial charge >= 0.3 is 0 Å². The fourth-order valence-electron chi connectivity index (χ4n) is 2.16. The largest absolute Gasteiger partial charge is 0.460 e. The maximum absolute atomic E-state index is 11.9. The molecule has 1 amide bonds. The molecule has 8 heteroatoms. The summed E-state index contributed by atoms with van der Waals surface area (Å²) in [7, 11) is 0. The summed E-state index contributed by atoms with van der Waals surface area (Å²) in [6.07, 6.45) is 1.46. The molecular weight excluding hydrogens is 338 g/mol. The van der Waals surface area contributed by atoms with Crippen LogP contribution in [0.25, 0.3) is 5.69 Å². The third-order valence-electron chi connectivity index (χ3n) is 3.28. The van der Waals surface area contributed by atoms with Gasteiger partial charge in [0.1, 0.15) is 17.3 Å². The quantitative estimate of drug-likeness (QED) is 0.417. The molecule has 0 aliphatic carbocycles. The summed E-state index contributed by atoms with van der Waals surface area (Å²) in [5.74, 6) is 2.09. The van der Waals surface area contributed by atoms with E-state index in [1.165, 1.54) is 18.0 Å². The molecule has 0 atom stereocenters. The van der Waals surface area contributed by atoms with E-state index in [1.54, 1.807) is 6.07 Å². The molecule has 3 rings (SSSR count). The summed E-state index contributed by atoms with van der Waals surface area (Å²) in [6.45, 7) is 3.72. The van der Waals surface area contributed by atoms with E-state index in [4.69, 9.17) is 4.42 Å². The van der Waals surface area contributed by atoms with Gasteiger partial charge in [-0.05, 0) is 38.1 Å². The number of hydrazone groups is 1. The minimum absolute atomic E-state index is 0.180. The number of hydrogen-bond acceptors (Lipinski definition) is 6. The molecule has 1 aromatic carbocycles. The molecule has 0 aliphatic rings. The minimum Gasteiger partial charge on any atom is -0.460 e. The third-order valence-corrected chi connectivity index (χ3v) is 4.21. The molecule has 3 aromatic rings. The topological polar surface area (TPSA) is 85.3 Å². The number of aromatic nitrogens is 3. The Bertz CT molecular complexity index is 886. The van der Waals surface area contributed by atoms with Crippen LogP contribution in [0.1, 0.15) is 17.3 Å². The van der Waals surface area contributed by atoms with E-state index in [2.05, 4.69) is 20.7 Å². The van der Waals surface area contributed by atoms with Crippen molar-refractivity contribution in [2.75, 3.05) is 5.75 Å². The van der Waals surface area contributed by atoms with Crippen LogP contribution in [0.15, 0.2) is 57.1 Å². The van der Waals surface area contributed by atoms with Crippen LogP contribution in [-0.2, 0) is 4.79 Å². The fourth-order valence-corrected chi connectivity index (χ4v) is 2.95. The van der Waals surface area contributed by atoms with Crippen LogP contribution in [0.5, 0.6) is 0 Å². The Kier molecular flexibility index (Phi) is 5.30. The molecule has 0 fully saturated rings. The molecule has 7 nitrogen and oxygen atoms in total. The Balaban J connectivity index is 1.59. The van der Waals surface area contributed by atoms with Gasteiger partial charge in [0.25, 0.3) is 5.91 Å². The summed E-state index contributed by atoms with van der Waals surface area (Å²) in [4.78, 5) is 11.9. The van der Waals surface area contributed by atoms with Gasteiger partial charge in [-0.25, -0.2) is 5.43 Å². The lowest BCUT2D eigenvalue weighted by atomic mass is 10.3. The molecule has 1 N–H and O–H groups in total. The lowest BCUT2D eigenvalue weighted by molar-refractivity contribution is -0.118. The Morgan fingerprint density at radius 2 is 2.04 bits per heavy atom. The summed E-state index contributed by atoms with van der Waals surface area (Å²) < 4.78 is 7.24. The highest BCUT2D eigenvalue weighted by atomic mass is 32.2. The summed E-state index contributed by atoms with van der Waals surface area (Å²) in [6, 6.07) is 13.4. The molecule has 0 saturated heterocycles. The van der Waals surface area contributed by atoms with Crippen LogP contribution in [0.2, 0.25) is 0 Å². The fraction of sp³-hybridized carbons (Fsp3) is 0.176. The Morgan fingerprint density at radius 1 is 1.24 bits per heavy atom. The minimum atomic E-state index is -0.232. The predicted octanol–water partition coefficient (Wildman–Crippen LogP) is 2.72. The van der Waals surface area contributed by atoms with Crippen molar-refractivity contribution in [3.63, 3.8) is 0 Å². The molecule has 2 aromatic heterocycles. The van der Waals surface area contributed by atoms with Gasteiger partial charge in [0.2, 0.25) is 0 Å². The number of thioether (sulfide) groups is 1. The molecule has 0 unspecified atom stereocenters. The average molecular weight is 355 g/mol. The number of benzene rings is 1. The first-order valence-electron chi connectivity index (χ1n) is 7.62. The van der Waals surface area contributed by atoms with Crippen LogP contribution < -0.4 is 5.43 Å². The molecule has 0 saturated carbocycles. The summed E-state index contributed by atoms with van der Waals surface area (Å²) >= 11 is 1.30. The first kappa shape index (κ1) is 17.0. The molecular formula is C17H17N5O2S. The Hall–Kier alpha value is -2.87. The number of furan rings is 1. The predicted molar refractivity (Wildman–Crippen MR) is 96.0 cm³/mol. The van der Waals surface area contributed by atoms with E-state index in [1.807, 2.05) is 54.8 Å². The number of nitrogens with zero attached hydrogens (tertiary/aromatic N) is 4. The Labute approximate surface area is 149 Å². The van der Waals surface area contributed by atoms with Crippen molar-refractivity contribution in [1.82, 2.24) is 20.2 Å².